The number of halogens is 2. The third kappa shape index (κ3) is 3.42. The quantitative estimate of drug-likeness (QED) is 0.934. The summed E-state index contributed by atoms with van der Waals surface area (Å²) in [5.41, 5.74) is 0.438. The lowest BCUT2D eigenvalue weighted by atomic mass is 10.2. The summed E-state index contributed by atoms with van der Waals surface area (Å²) >= 11 is 11.8. The monoisotopic (exact) mass is 338 g/mol. The summed E-state index contributed by atoms with van der Waals surface area (Å²) in [6, 6.07) is 4.78. The molecule has 0 saturated heterocycles. The molecule has 1 N–H and O–H groups in total. The van der Waals surface area contributed by atoms with Crippen molar-refractivity contribution >= 4 is 29.1 Å². The highest BCUT2D eigenvalue weighted by molar-refractivity contribution is 6.35. The van der Waals surface area contributed by atoms with Gasteiger partial charge in [-0.05, 0) is 31.0 Å². The van der Waals surface area contributed by atoms with Crippen molar-refractivity contribution in [1.82, 2.24) is 20.1 Å². The van der Waals surface area contributed by atoms with E-state index < -0.39 is 0 Å². The fourth-order valence-corrected chi connectivity index (χ4v) is 3.15. The van der Waals surface area contributed by atoms with Crippen LogP contribution < -0.4 is 5.32 Å². The Hall–Kier alpha value is -1.59. The summed E-state index contributed by atoms with van der Waals surface area (Å²) in [6.07, 6.45) is 4.42. The Bertz CT molecular complexity index is 679. The average Bonchev–Trinajstić information content (AvgIpc) is 2.71. The van der Waals surface area contributed by atoms with Crippen LogP contribution >= 0.6 is 23.2 Å². The van der Waals surface area contributed by atoms with Crippen molar-refractivity contribution in [2.45, 2.75) is 38.8 Å². The van der Waals surface area contributed by atoms with E-state index in [9.17, 15) is 4.79 Å². The van der Waals surface area contributed by atoms with E-state index in [0.717, 1.165) is 37.5 Å². The maximum Gasteiger partial charge on any atom is 0.251 e. The fourth-order valence-electron chi connectivity index (χ4n) is 2.62. The molecule has 1 aliphatic heterocycles. The maximum atomic E-state index is 12.2. The predicted octanol–water partition coefficient (Wildman–Crippen LogP) is 3.24. The molecule has 116 valence electrons. The van der Waals surface area contributed by atoms with E-state index in [-0.39, 0.29) is 5.91 Å². The smallest absolute Gasteiger partial charge is 0.251 e. The molecular weight excluding hydrogens is 323 g/mol. The molecule has 0 aliphatic carbocycles. The Balaban J connectivity index is 1.70. The number of carbonyl (C=O) groups is 1. The van der Waals surface area contributed by atoms with Gasteiger partial charge in [0.05, 0.1) is 6.54 Å². The largest absolute Gasteiger partial charge is 0.345 e. The highest BCUT2D eigenvalue weighted by Gasteiger charge is 2.15. The van der Waals surface area contributed by atoms with Crippen LogP contribution in [0.1, 0.15) is 41.3 Å². The van der Waals surface area contributed by atoms with Crippen molar-refractivity contribution in [3.63, 3.8) is 0 Å². The Morgan fingerprint density at radius 2 is 1.91 bits per heavy atom. The Morgan fingerprint density at radius 3 is 2.68 bits per heavy atom. The molecule has 1 aliphatic rings. The van der Waals surface area contributed by atoms with E-state index in [1.54, 1.807) is 18.2 Å². The van der Waals surface area contributed by atoms with Gasteiger partial charge in [0, 0.05) is 28.6 Å². The van der Waals surface area contributed by atoms with Gasteiger partial charge in [-0.25, -0.2) is 0 Å². The molecule has 0 fully saturated rings. The number of nitrogens with one attached hydrogen (secondary N) is 1. The van der Waals surface area contributed by atoms with Crippen LogP contribution in [-0.4, -0.2) is 20.7 Å². The topological polar surface area (TPSA) is 59.8 Å². The molecule has 2 heterocycles. The van der Waals surface area contributed by atoms with Gasteiger partial charge in [-0.2, -0.15) is 0 Å². The van der Waals surface area contributed by atoms with E-state index >= 15 is 0 Å². The summed E-state index contributed by atoms with van der Waals surface area (Å²) in [5, 5.41) is 12.1. The molecular formula is C15H16Cl2N4O. The zero-order chi connectivity index (χ0) is 15.5. The molecule has 0 bridgehead atoms. The molecule has 2 aromatic rings. The number of carbonyl (C=O) groups excluding carboxylic acids is 1. The normalized spacial score (nSPS) is 14.3. The number of nitrogens with zero attached hydrogens (tertiary/aromatic N) is 3. The molecule has 1 amide bonds. The van der Waals surface area contributed by atoms with Crippen molar-refractivity contribution in [1.29, 1.82) is 0 Å². The highest BCUT2D eigenvalue weighted by Crippen LogP contribution is 2.19. The molecule has 3 rings (SSSR count). The van der Waals surface area contributed by atoms with Crippen LogP contribution in [0, 0.1) is 0 Å². The van der Waals surface area contributed by atoms with Crippen molar-refractivity contribution in [3.8, 4) is 0 Å². The Morgan fingerprint density at radius 1 is 1.14 bits per heavy atom. The van der Waals surface area contributed by atoms with Crippen molar-refractivity contribution in [2.75, 3.05) is 0 Å². The second kappa shape index (κ2) is 6.67. The molecule has 1 aromatic carbocycles. The molecule has 0 spiro atoms. The van der Waals surface area contributed by atoms with E-state index in [2.05, 4.69) is 20.1 Å². The van der Waals surface area contributed by atoms with Crippen LogP contribution in [0.3, 0.4) is 0 Å². The van der Waals surface area contributed by atoms with Gasteiger partial charge in [-0.1, -0.05) is 29.6 Å². The summed E-state index contributed by atoms with van der Waals surface area (Å²) in [6.45, 7) is 1.26. The standard InChI is InChI=1S/C15H16Cl2N4O/c16-11-6-10(7-12(17)8-11)15(22)18-9-14-20-19-13-4-2-1-3-5-21(13)14/h6-8H,1-5,9H2,(H,18,22). The predicted molar refractivity (Wildman–Crippen MR) is 85.2 cm³/mol. The minimum absolute atomic E-state index is 0.227. The number of hydrogen-bond donors (Lipinski definition) is 1. The second-order valence-electron chi connectivity index (χ2n) is 5.34. The molecule has 7 heteroatoms. The zero-order valence-corrected chi connectivity index (χ0v) is 13.5. The van der Waals surface area contributed by atoms with Crippen molar-refractivity contribution < 1.29 is 4.79 Å². The van der Waals surface area contributed by atoms with Gasteiger partial charge in [0.1, 0.15) is 5.82 Å². The van der Waals surface area contributed by atoms with E-state index in [4.69, 9.17) is 23.2 Å². The average molecular weight is 339 g/mol. The Kier molecular flexibility index (Phi) is 4.64. The van der Waals surface area contributed by atoms with Crippen LogP contribution in [0.2, 0.25) is 10.0 Å². The molecule has 1 aromatic heterocycles. The number of benzene rings is 1. The number of hydrogen-bond acceptors (Lipinski definition) is 3. The first-order chi connectivity index (χ1) is 10.6. The summed E-state index contributed by atoms with van der Waals surface area (Å²) in [4.78, 5) is 12.2. The summed E-state index contributed by atoms with van der Waals surface area (Å²) < 4.78 is 2.11. The second-order valence-corrected chi connectivity index (χ2v) is 6.21. The lowest BCUT2D eigenvalue weighted by Gasteiger charge is -2.08. The van der Waals surface area contributed by atoms with Crippen LogP contribution in [0.5, 0.6) is 0 Å². The molecule has 5 nitrogen and oxygen atoms in total. The van der Waals surface area contributed by atoms with E-state index in [0.29, 0.717) is 22.2 Å². The molecule has 22 heavy (non-hydrogen) atoms. The molecule has 0 radical (unpaired) electrons. The molecule has 0 saturated carbocycles. The van der Waals surface area contributed by atoms with Gasteiger partial charge in [-0.3, -0.25) is 4.79 Å². The van der Waals surface area contributed by atoms with Gasteiger partial charge in [0.15, 0.2) is 5.82 Å². The number of rotatable bonds is 3. The molecule has 0 atom stereocenters. The van der Waals surface area contributed by atoms with Gasteiger partial charge in [-0.15, -0.1) is 10.2 Å². The van der Waals surface area contributed by atoms with Gasteiger partial charge in [0.2, 0.25) is 0 Å². The highest BCUT2D eigenvalue weighted by atomic mass is 35.5. The zero-order valence-electron chi connectivity index (χ0n) is 12.0. The van der Waals surface area contributed by atoms with Crippen LogP contribution in [0.25, 0.3) is 0 Å². The van der Waals surface area contributed by atoms with Crippen LogP contribution in [0.4, 0.5) is 0 Å². The number of aromatic nitrogens is 3. The minimum atomic E-state index is -0.227. The number of fused-ring (bicyclic) bond motifs is 1. The first-order valence-corrected chi connectivity index (χ1v) is 8.04. The van der Waals surface area contributed by atoms with Crippen molar-refractivity contribution in [2.24, 2.45) is 0 Å². The third-order valence-electron chi connectivity index (χ3n) is 3.72. The number of amides is 1. The van der Waals surface area contributed by atoms with E-state index in [1.807, 2.05) is 0 Å². The SMILES string of the molecule is O=C(NCc1nnc2n1CCCCC2)c1cc(Cl)cc(Cl)c1. The maximum absolute atomic E-state index is 12.2. The van der Waals surface area contributed by atoms with Crippen LogP contribution in [-0.2, 0) is 19.5 Å². The van der Waals surface area contributed by atoms with Crippen molar-refractivity contribution in [3.05, 3.63) is 45.5 Å². The van der Waals surface area contributed by atoms with Crippen LogP contribution in [0.15, 0.2) is 18.2 Å². The first-order valence-electron chi connectivity index (χ1n) is 7.29. The first kappa shape index (κ1) is 15.3. The number of aryl methyl sites for hydroxylation is 1. The minimum Gasteiger partial charge on any atom is -0.345 e. The summed E-state index contributed by atoms with van der Waals surface area (Å²) in [5.74, 6) is 1.57. The van der Waals surface area contributed by atoms with Gasteiger partial charge >= 0.3 is 0 Å². The third-order valence-corrected chi connectivity index (χ3v) is 4.15. The lowest BCUT2D eigenvalue weighted by molar-refractivity contribution is 0.0949. The Labute approximate surface area is 138 Å². The van der Waals surface area contributed by atoms with Gasteiger partial charge in [0.25, 0.3) is 5.91 Å². The summed E-state index contributed by atoms with van der Waals surface area (Å²) in [7, 11) is 0. The lowest BCUT2D eigenvalue weighted by Crippen LogP contribution is -2.25. The van der Waals surface area contributed by atoms with E-state index in [1.165, 1.54) is 6.42 Å². The fraction of sp³-hybridized carbons (Fsp3) is 0.400. The van der Waals surface area contributed by atoms with Gasteiger partial charge < -0.3 is 9.88 Å². The molecule has 0 unspecified atom stereocenters.